The summed E-state index contributed by atoms with van der Waals surface area (Å²) in [6, 6.07) is 13.0. The van der Waals surface area contributed by atoms with Gasteiger partial charge in [-0.15, -0.1) is 0 Å². The first kappa shape index (κ1) is 21.4. The van der Waals surface area contributed by atoms with E-state index in [0.717, 1.165) is 36.2 Å². The topological polar surface area (TPSA) is 57.7 Å². The van der Waals surface area contributed by atoms with Crippen LogP contribution in [0.25, 0.3) is 0 Å². The molecule has 5 nitrogen and oxygen atoms in total. The number of sulfonamides is 1. The summed E-state index contributed by atoms with van der Waals surface area (Å²) < 4.78 is 26.2. The van der Waals surface area contributed by atoms with Gasteiger partial charge in [-0.05, 0) is 73.6 Å². The lowest BCUT2D eigenvalue weighted by Crippen LogP contribution is -2.39. The van der Waals surface area contributed by atoms with Crippen LogP contribution in [0.4, 0.5) is 5.69 Å². The summed E-state index contributed by atoms with van der Waals surface area (Å²) in [6.45, 7) is 7.99. The van der Waals surface area contributed by atoms with E-state index >= 15 is 0 Å². The molecule has 0 radical (unpaired) electrons. The molecule has 0 spiro atoms. The smallest absolute Gasteiger partial charge is 0.253 e. The van der Waals surface area contributed by atoms with Crippen molar-refractivity contribution in [1.29, 1.82) is 0 Å². The Hall–Kier alpha value is -2.34. The Labute approximate surface area is 174 Å². The maximum Gasteiger partial charge on any atom is 0.253 e. The van der Waals surface area contributed by atoms with Crippen molar-refractivity contribution < 1.29 is 13.2 Å². The van der Waals surface area contributed by atoms with Gasteiger partial charge in [0.15, 0.2) is 0 Å². The fourth-order valence-corrected chi connectivity index (χ4v) is 4.64. The number of hydrogen-bond donors (Lipinski definition) is 0. The van der Waals surface area contributed by atoms with E-state index in [9.17, 15) is 13.2 Å². The number of hydrogen-bond acceptors (Lipinski definition) is 3. The molecule has 2 aromatic carbocycles. The Balaban J connectivity index is 1.79. The van der Waals surface area contributed by atoms with Crippen LogP contribution >= 0.6 is 0 Å². The second-order valence-corrected chi connectivity index (χ2v) is 10.1. The Morgan fingerprint density at radius 2 is 1.79 bits per heavy atom. The van der Waals surface area contributed by atoms with E-state index in [1.807, 2.05) is 49.1 Å². The van der Waals surface area contributed by atoms with Crippen molar-refractivity contribution in [3.8, 4) is 0 Å². The van der Waals surface area contributed by atoms with Gasteiger partial charge in [-0.3, -0.25) is 9.10 Å². The lowest BCUT2D eigenvalue weighted by molar-refractivity contribution is 0.0683. The van der Waals surface area contributed by atoms with Crippen molar-refractivity contribution >= 4 is 21.6 Å². The van der Waals surface area contributed by atoms with Gasteiger partial charge < -0.3 is 4.90 Å². The summed E-state index contributed by atoms with van der Waals surface area (Å²) in [7, 11) is -3.44. The lowest BCUT2D eigenvalue weighted by Gasteiger charge is -2.31. The molecule has 1 fully saturated rings. The maximum atomic E-state index is 12.7. The molecule has 3 rings (SSSR count). The van der Waals surface area contributed by atoms with Crippen LogP contribution in [-0.2, 0) is 16.6 Å². The predicted molar refractivity (Wildman–Crippen MR) is 118 cm³/mol. The van der Waals surface area contributed by atoms with E-state index in [0.29, 0.717) is 17.2 Å². The van der Waals surface area contributed by atoms with E-state index in [1.165, 1.54) is 17.0 Å². The highest BCUT2D eigenvalue weighted by molar-refractivity contribution is 7.92. The molecule has 29 heavy (non-hydrogen) atoms. The number of rotatable bonds is 5. The minimum atomic E-state index is -3.44. The lowest BCUT2D eigenvalue weighted by atomic mass is 9.99. The first-order valence-electron chi connectivity index (χ1n) is 10.1. The molecule has 1 unspecified atom stereocenters. The number of anilines is 1. The number of benzene rings is 2. The third-order valence-corrected chi connectivity index (χ3v) is 6.79. The second kappa shape index (κ2) is 8.57. The van der Waals surface area contributed by atoms with Crippen LogP contribution in [0.2, 0.25) is 0 Å². The highest BCUT2D eigenvalue weighted by Gasteiger charge is 2.22. The van der Waals surface area contributed by atoms with Crippen LogP contribution in [0.3, 0.4) is 0 Å². The zero-order valence-electron chi connectivity index (χ0n) is 17.7. The zero-order valence-corrected chi connectivity index (χ0v) is 18.5. The predicted octanol–water partition coefficient (Wildman–Crippen LogP) is 4.14. The third kappa shape index (κ3) is 5.18. The highest BCUT2D eigenvalue weighted by Crippen LogP contribution is 2.24. The van der Waals surface area contributed by atoms with Crippen LogP contribution in [0.5, 0.6) is 0 Å². The zero-order chi connectivity index (χ0) is 21.2. The molecule has 156 valence electrons. The molecular weight excluding hydrogens is 384 g/mol. The number of amides is 1. The molecule has 1 aliphatic heterocycles. The average molecular weight is 415 g/mol. The molecule has 1 heterocycles. The quantitative estimate of drug-likeness (QED) is 0.739. The fraction of sp³-hybridized carbons (Fsp3) is 0.435. The van der Waals surface area contributed by atoms with Gasteiger partial charge in [0.1, 0.15) is 0 Å². The van der Waals surface area contributed by atoms with Crippen LogP contribution in [-0.4, -0.2) is 38.6 Å². The van der Waals surface area contributed by atoms with Crippen LogP contribution in [0.1, 0.15) is 46.8 Å². The molecule has 2 aromatic rings. The second-order valence-electron chi connectivity index (χ2n) is 8.23. The van der Waals surface area contributed by atoms with Crippen molar-refractivity contribution in [2.24, 2.45) is 5.92 Å². The normalized spacial score (nSPS) is 17.2. The summed E-state index contributed by atoms with van der Waals surface area (Å²) in [4.78, 5) is 14.7. The first-order valence-corrected chi connectivity index (χ1v) is 11.9. The average Bonchev–Trinajstić information content (AvgIpc) is 2.67. The summed E-state index contributed by atoms with van der Waals surface area (Å²) >= 11 is 0. The molecule has 0 bridgehead atoms. The highest BCUT2D eigenvalue weighted by atomic mass is 32.2. The van der Waals surface area contributed by atoms with Crippen LogP contribution in [0.15, 0.2) is 42.5 Å². The van der Waals surface area contributed by atoms with Gasteiger partial charge in [-0.25, -0.2) is 8.42 Å². The summed E-state index contributed by atoms with van der Waals surface area (Å²) in [5.74, 6) is 0.588. The SMILES string of the molecule is Cc1ccc(N(Cc2ccc(C(=O)N3CCCC(C)C3)cc2)S(C)(=O)=O)cc1C. The van der Waals surface area contributed by atoms with E-state index in [1.54, 1.807) is 12.1 Å². The largest absolute Gasteiger partial charge is 0.338 e. The van der Waals surface area contributed by atoms with Gasteiger partial charge in [-0.2, -0.15) is 0 Å². The van der Waals surface area contributed by atoms with Crippen molar-refractivity contribution in [2.75, 3.05) is 23.7 Å². The van der Waals surface area contributed by atoms with Gasteiger partial charge in [0.2, 0.25) is 10.0 Å². The van der Waals surface area contributed by atoms with E-state index < -0.39 is 10.0 Å². The van der Waals surface area contributed by atoms with Crippen LogP contribution < -0.4 is 4.31 Å². The van der Waals surface area contributed by atoms with Crippen molar-refractivity contribution in [3.63, 3.8) is 0 Å². The molecule has 1 atom stereocenters. The Kier molecular flexibility index (Phi) is 6.32. The van der Waals surface area contributed by atoms with E-state index in [-0.39, 0.29) is 12.5 Å². The van der Waals surface area contributed by atoms with E-state index in [2.05, 4.69) is 6.92 Å². The van der Waals surface area contributed by atoms with Gasteiger partial charge in [-0.1, -0.05) is 25.1 Å². The maximum absolute atomic E-state index is 12.7. The first-order chi connectivity index (χ1) is 13.6. The Morgan fingerprint density at radius 1 is 1.10 bits per heavy atom. The Bertz CT molecular complexity index is 984. The number of likely N-dealkylation sites (tertiary alicyclic amines) is 1. The summed E-state index contributed by atoms with van der Waals surface area (Å²) in [5.41, 5.74) is 4.32. The summed E-state index contributed by atoms with van der Waals surface area (Å²) in [5, 5.41) is 0. The van der Waals surface area contributed by atoms with Gasteiger partial charge >= 0.3 is 0 Å². The number of carbonyl (C=O) groups excluding carboxylic acids is 1. The number of piperidine rings is 1. The minimum absolute atomic E-state index is 0.0530. The molecule has 6 heteroatoms. The van der Waals surface area contributed by atoms with Crippen molar-refractivity contribution in [1.82, 2.24) is 4.90 Å². The van der Waals surface area contributed by atoms with E-state index in [4.69, 9.17) is 0 Å². The molecule has 1 aliphatic rings. The number of carbonyl (C=O) groups is 1. The molecular formula is C23H30N2O3S. The molecule has 0 aliphatic carbocycles. The molecule has 0 saturated carbocycles. The molecule has 1 saturated heterocycles. The number of aryl methyl sites for hydroxylation is 2. The molecule has 0 aromatic heterocycles. The molecule has 1 amide bonds. The molecule has 0 N–H and O–H groups in total. The summed E-state index contributed by atoms with van der Waals surface area (Å²) in [6.07, 6.45) is 3.43. The standard InChI is InChI=1S/C23H30N2O3S/c1-17-6-5-13-24(15-17)23(26)21-10-8-20(9-11-21)16-25(29(4,27)28)22-12-7-18(2)19(3)14-22/h7-12,14,17H,5-6,13,15-16H2,1-4H3. The van der Waals surface area contributed by atoms with Crippen LogP contribution in [0, 0.1) is 19.8 Å². The van der Waals surface area contributed by atoms with Gasteiger partial charge in [0.25, 0.3) is 5.91 Å². The fourth-order valence-electron chi connectivity index (χ4n) is 3.76. The minimum Gasteiger partial charge on any atom is -0.338 e. The van der Waals surface area contributed by atoms with Crippen molar-refractivity contribution in [2.45, 2.75) is 40.2 Å². The monoisotopic (exact) mass is 414 g/mol. The number of nitrogens with zero attached hydrogens (tertiary/aromatic N) is 2. The van der Waals surface area contributed by atoms with Crippen molar-refractivity contribution in [3.05, 3.63) is 64.7 Å². The Morgan fingerprint density at radius 3 is 2.38 bits per heavy atom. The third-order valence-electron chi connectivity index (χ3n) is 5.65. The van der Waals surface area contributed by atoms with Gasteiger partial charge in [0.05, 0.1) is 18.5 Å². The van der Waals surface area contributed by atoms with Gasteiger partial charge in [0, 0.05) is 18.7 Å².